The van der Waals surface area contributed by atoms with E-state index < -0.39 is 0 Å². The molecule has 2 unspecified atom stereocenters. The molecule has 0 saturated carbocycles. The highest BCUT2D eigenvalue weighted by molar-refractivity contribution is 8.01. The molecule has 42 valence electrons. The van der Waals surface area contributed by atoms with Gasteiger partial charge in [0.15, 0.2) is 0 Å². The minimum absolute atomic E-state index is 0.168. The average Bonchev–Trinajstić information content (AvgIpc) is 1.91. The molecule has 0 aromatic heterocycles. The molecule has 0 aliphatic carbocycles. The smallest absolute Gasteiger partial charge is 0.0952 e. The van der Waals surface area contributed by atoms with E-state index in [4.69, 9.17) is 23.2 Å². The summed E-state index contributed by atoms with van der Waals surface area (Å²) in [6.07, 6.45) is 1.07. The number of halogens is 2. The SMILES string of the molecule is ClC1CCSC1Cl. The van der Waals surface area contributed by atoms with E-state index in [9.17, 15) is 0 Å². The Morgan fingerprint density at radius 3 is 2.29 bits per heavy atom. The zero-order chi connectivity index (χ0) is 5.28. The van der Waals surface area contributed by atoms with Gasteiger partial charge >= 0.3 is 0 Å². The maximum absolute atomic E-state index is 5.71. The van der Waals surface area contributed by atoms with Crippen LogP contribution in [-0.4, -0.2) is 15.8 Å². The molecular weight excluding hydrogens is 151 g/mol. The van der Waals surface area contributed by atoms with Crippen molar-refractivity contribution in [3.8, 4) is 0 Å². The number of hydrogen-bond donors (Lipinski definition) is 0. The predicted molar refractivity (Wildman–Crippen MR) is 36.4 cm³/mol. The molecule has 0 radical (unpaired) electrons. The van der Waals surface area contributed by atoms with Crippen molar-refractivity contribution < 1.29 is 0 Å². The quantitative estimate of drug-likeness (QED) is 0.486. The Morgan fingerprint density at radius 2 is 2.14 bits per heavy atom. The second kappa shape index (κ2) is 2.47. The van der Waals surface area contributed by atoms with E-state index in [-0.39, 0.29) is 10.1 Å². The summed E-state index contributed by atoms with van der Waals surface area (Å²) in [5, 5.41) is 0.215. The molecule has 1 saturated heterocycles. The van der Waals surface area contributed by atoms with Crippen molar-refractivity contribution in [2.24, 2.45) is 0 Å². The van der Waals surface area contributed by atoms with E-state index >= 15 is 0 Å². The summed E-state index contributed by atoms with van der Waals surface area (Å²) in [5.74, 6) is 1.13. The van der Waals surface area contributed by atoms with E-state index in [2.05, 4.69) is 0 Å². The first-order valence-corrected chi connectivity index (χ1v) is 4.12. The highest BCUT2D eigenvalue weighted by atomic mass is 35.5. The maximum Gasteiger partial charge on any atom is 0.0952 e. The fraction of sp³-hybridized carbons (Fsp3) is 1.00. The van der Waals surface area contributed by atoms with E-state index in [0.29, 0.717) is 0 Å². The Hall–Kier alpha value is 0.930. The second-order valence-corrected chi connectivity index (χ2v) is 4.07. The summed E-state index contributed by atoms with van der Waals surface area (Å²) in [6.45, 7) is 0. The van der Waals surface area contributed by atoms with Crippen LogP contribution in [0, 0.1) is 0 Å². The summed E-state index contributed by atoms with van der Waals surface area (Å²) in [4.78, 5) is 0. The van der Waals surface area contributed by atoms with E-state index in [1.165, 1.54) is 0 Å². The van der Waals surface area contributed by atoms with Gasteiger partial charge in [-0.2, -0.15) is 0 Å². The molecule has 1 heterocycles. The van der Waals surface area contributed by atoms with Gasteiger partial charge in [-0.05, 0) is 12.2 Å². The van der Waals surface area contributed by atoms with Crippen LogP contribution in [0.5, 0.6) is 0 Å². The summed E-state index contributed by atoms with van der Waals surface area (Å²) in [6, 6.07) is 0. The molecule has 3 heteroatoms. The number of rotatable bonds is 0. The minimum Gasteiger partial charge on any atom is -0.141 e. The topological polar surface area (TPSA) is 0 Å². The van der Waals surface area contributed by atoms with E-state index in [1.807, 2.05) is 0 Å². The van der Waals surface area contributed by atoms with Crippen molar-refractivity contribution in [2.75, 3.05) is 5.75 Å². The second-order valence-electron chi connectivity index (χ2n) is 1.53. The molecule has 1 fully saturated rings. The zero-order valence-corrected chi connectivity index (χ0v) is 6.06. The summed E-state index contributed by atoms with van der Waals surface area (Å²) >= 11 is 13.1. The highest BCUT2D eigenvalue weighted by Gasteiger charge is 2.22. The molecule has 0 aromatic rings. The van der Waals surface area contributed by atoms with Crippen LogP contribution >= 0.6 is 35.0 Å². The molecule has 2 atom stereocenters. The lowest BCUT2D eigenvalue weighted by atomic mass is 10.4. The lowest BCUT2D eigenvalue weighted by molar-refractivity contribution is 0.929. The molecule has 0 bridgehead atoms. The Morgan fingerprint density at radius 1 is 1.43 bits per heavy atom. The summed E-state index contributed by atoms with van der Waals surface area (Å²) < 4.78 is 0.168. The molecule has 0 N–H and O–H groups in total. The van der Waals surface area contributed by atoms with Crippen molar-refractivity contribution in [3.63, 3.8) is 0 Å². The molecular formula is C4H6Cl2S. The molecule has 0 nitrogen and oxygen atoms in total. The van der Waals surface area contributed by atoms with Gasteiger partial charge < -0.3 is 0 Å². The molecule has 1 rings (SSSR count). The van der Waals surface area contributed by atoms with Crippen molar-refractivity contribution in [1.29, 1.82) is 0 Å². The van der Waals surface area contributed by atoms with E-state index in [1.54, 1.807) is 11.8 Å². The number of thioether (sulfide) groups is 1. The number of alkyl halides is 2. The maximum atomic E-state index is 5.71. The van der Waals surface area contributed by atoms with Gasteiger partial charge in [0.1, 0.15) is 0 Å². The van der Waals surface area contributed by atoms with Gasteiger partial charge in [0.25, 0.3) is 0 Å². The molecule has 0 aromatic carbocycles. The van der Waals surface area contributed by atoms with Crippen LogP contribution in [0.4, 0.5) is 0 Å². The normalized spacial score (nSPS) is 42.0. The van der Waals surface area contributed by atoms with Crippen LogP contribution in [0.2, 0.25) is 0 Å². The Bertz CT molecular complexity index is 58.7. The third-order valence-electron chi connectivity index (χ3n) is 0.955. The van der Waals surface area contributed by atoms with Crippen molar-refractivity contribution in [1.82, 2.24) is 0 Å². The molecule has 0 spiro atoms. The Balaban J connectivity index is 2.33. The largest absolute Gasteiger partial charge is 0.141 e. The van der Waals surface area contributed by atoms with Gasteiger partial charge in [-0.3, -0.25) is 0 Å². The minimum atomic E-state index is 0.168. The third kappa shape index (κ3) is 1.41. The fourth-order valence-corrected chi connectivity index (χ4v) is 2.34. The Kier molecular flexibility index (Phi) is 2.14. The molecule has 7 heavy (non-hydrogen) atoms. The third-order valence-corrected chi connectivity index (χ3v) is 3.50. The highest BCUT2D eigenvalue weighted by Crippen LogP contribution is 2.33. The molecule has 1 aliphatic heterocycles. The molecule has 0 amide bonds. The number of hydrogen-bond acceptors (Lipinski definition) is 1. The first kappa shape index (κ1) is 6.06. The first-order chi connectivity index (χ1) is 3.30. The zero-order valence-electron chi connectivity index (χ0n) is 3.73. The fourth-order valence-electron chi connectivity index (χ4n) is 0.529. The van der Waals surface area contributed by atoms with Crippen LogP contribution in [-0.2, 0) is 0 Å². The van der Waals surface area contributed by atoms with Crippen LogP contribution in [0.15, 0.2) is 0 Å². The van der Waals surface area contributed by atoms with Crippen LogP contribution in [0.1, 0.15) is 6.42 Å². The van der Waals surface area contributed by atoms with Crippen molar-refractivity contribution in [2.45, 2.75) is 16.5 Å². The monoisotopic (exact) mass is 156 g/mol. The van der Waals surface area contributed by atoms with E-state index in [0.717, 1.165) is 12.2 Å². The standard InChI is InChI=1S/C4H6Cl2S/c5-3-1-2-7-4(3)6/h3-4H,1-2H2. The van der Waals surface area contributed by atoms with Gasteiger partial charge in [0.2, 0.25) is 0 Å². The predicted octanol–water partition coefficient (Wildman–Crippen LogP) is 2.30. The van der Waals surface area contributed by atoms with Crippen molar-refractivity contribution in [3.05, 3.63) is 0 Å². The van der Waals surface area contributed by atoms with Crippen LogP contribution in [0.25, 0.3) is 0 Å². The van der Waals surface area contributed by atoms with Crippen molar-refractivity contribution >= 4 is 35.0 Å². The van der Waals surface area contributed by atoms with Crippen LogP contribution < -0.4 is 0 Å². The van der Waals surface area contributed by atoms with Crippen LogP contribution in [0.3, 0.4) is 0 Å². The van der Waals surface area contributed by atoms with Gasteiger partial charge in [-0.15, -0.1) is 35.0 Å². The molecule has 1 aliphatic rings. The van der Waals surface area contributed by atoms with Gasteiger partial charge in [-0.1, -0.05) is 0 Å². The van der Waals surface area contributed by atoms with Gasteiger partial charge in [-0.25, -0.2) is 0 Å². The van der Waals surface area contributed by atoms with Gasteiger partial charge in [0, 0.05) is 0 Å². The average molecular weight is 157 g/mol. The summed E-state index contributed by atoms with van der Waals surface area (Å²) in [5.41, 5.74) is 0. The first-order valence-electron chi connectivity index (χ1n) is 2.20. The Labute approximate surface area is 57.6 Å². The lowest BCUT2D eigenvalue weighted by Crippen LogP contribution is -2.00. The van der Waals surface area contributed by atoms with Gasteiger partial charge in [0.05, 0.1) is 10.1 Å². The summed E-state index contributed by atoms with van der Waals surface area (Å²) in [7, 11) is 0. The lowest BCUT2D eigenvalue weighted by Gasteiger charge is -1.98.